The molecule has 65 heavy (non-hydrogen) atoms. The Morgan fingerprint density at radius 1 is 0.262 bits per heavy atom. The first kappa shape index (κ1) is 55.0. The van der Waals surface area contributed by atoms with Crippen molar-refractivity contribution in [2.24, 2.45) is 0 Å². The van der Waals surface area contributed by atoms with Crippen molar-refractivity contribution in [2.75, 3.05) is 0 Å². The molecule has 0 radical (unpaired) electrons. The van der Waals surface area contributed by atoms with E-state index in [0.29, 0.717) is 11.1 Å². The average molecular weight is 1010 g/mol. The number of nitriles is 2. The molecule has 0 saturated carbocycles. The van der Waals surface area contributed by atoms with Crippen LogP contribution in [-0.4, -0.2) is 14.5 Å². The van der Waals surface area contributed by atoms with Gasteiger partial charge in [0.2, 0.25) is 0 Å². The Morgan fingerprint density at radius 3 is 0.492 bits per heavy atom. The van der Waals surface area contributed by atoms with Gasteiger partial charge in [0.05, 0.1) is 23.3 Å². The Morgan fingerprint density at radius 2 is 0.385 bits per heavy atom. The summed E-state index contributed by atoms with van der Waals surface area (Å²) in [5.41, 5.74) is 1.43. The first-order chi connectivity index (χ1) is 30.8. The van der Waals surface area contributed by atoms with Crippen LogP contribution in [0.3, 0.4) is 0 Å². The van der Waals surface area contributed by atoms with Crippen LogP contribution < -0.4 is 31.8 Å². The zero-order valence-electron chi connectivity index (χ0n) is 34.4. The van der Waals surface area contributed by atoms with Crippen molar-refractivity contribution in [3.05, 3.63) is 254 Å². The molecule has 8 rings (SSSR count). The molecule has 0 aromatic heterocycles. The molecule has 0 atom stereocenters. The van der Waals surface area contributed by atoms with Gasteiger partial charge in [0.15, 0.2) is 0 Å². The number of rotatable bonds is 6. The van der Waals surface area contributed by atoms with E-state index in [1.165, 1.54) is 31.8 Å². The van der Waals surface area contributed by atoms with Crippen LogP contribution in [0.5, 0.6) is 0 Å². The quantitative estimate of drug-likeness (QED) is 0.0947. The van der Waals surface area contributed by atoms with Gasteiger partial charge in [0.25, 0.3) is 0 Å². The Bertz CT molecular complexity index is 2130. The van der Waals surface area contributed by atoms with Crippen LogP contribution in [0, 0.1) is 22.7 Å². The van der Waals surface area contributed by atoms with Crippen molar-refractivity contribution in [1.82, 2.24) is 0 Å². The molecule has 0 unspecified atom stereocenters. The maximum absolute atomic E-state index is 9.75. The van der Waals surface area contributed by atoms with Crippen LogP contribution in [0.25, 0.3) is 0 Å². The SMILES string of the molecule is F[B-](F)(F)F.F[B-](F)(F)F.N#Cc1ccccc1.N#Cc1ccccc1.[Pd+2].c1ccc(P(c2ccccc2)c2ccccc2)cc1.c1ccc(P(c2ccccc2)c2ccccc2)cc1. The summed E-state index contributed by atoms with van der Waals surface area (Å²) in [6, 6.07) is 87.0. The van der Waals surface area contributed by atoms with Gasteiger partial charge in [0, 0.05) is 0 Å². The van der Waals surface area contributed by atoms with E-state index in [1.54, 1.807) is 24.3 Å². The van der Waals surface area contributed by atoms with E-state index < -0.39 is 30.4 Å². The van der Waals surface area contributed by atoms with E-state index in [2.05, 4.69) is 182 Å². The average Bonchev–Trinajstić information content (AvgIpc) is 3.31. The molecule has 0 N–H and O–H groups in total. The van der Waals surface area contributed by atoms with Crippen LogP contribution in [0.15, 0.2) is 243 Å². The van der Waals surface area contributed by atoms with E-state index in [-0.39, 0.29) is 20.4 Å². The minimum atomic E-state index is -6.00. The van der Waals surface area contributed by atoms with Crippen LogP contribution in [-0.2, 0) is 20.4 Å². The predicted octanol–water partition coefficient (Wildman–Crippen LogP) is 12.6. The Kier molecular flexibility index (Phi) is 26.1. The summed E-state index contributed by atoms with van der Waals surface area (Å²) >= 11 is 0. The molecule has 8 aromatic carbocycles. The number of hydrogen-bond acceptors (Lipinski definition) is 2. The molecule has 8 aromatic rings. The third-order valence-corrected chi connectivity index (χ3v) is 12.8. The van der Waals surface area contributed by atoms with Crippen molar-refractivity contribution in [2.45, 2.75) is 0 Å². The summed E-state index contributed by atoms with van der Waals surface area (Å²) in [4.78, 5) is 0. The van der Waals surface area contributed by atoms with Crippen molar-refractivity contribution < 1.29 is 54.9 Å². The number of hydrogen-bond donors (Lipinski definition) is 0. The molecule has 2 nitrogen and oxygen atoms in total. The van der Waals surface area contributed by atoms with Crippen LogP contribution in [0.2, 0.25) is 0 Å². The Hall–Kier alpha value is -6.17. The summed E-state index contributed by atoms with van der Waals surface area (Å²) in [5.74, 6) is 0. The Labute approximate surface area is 391 Å². The Balaban J connectivity index is 0.000000292. The number of nitrogens with zero attached hydrogens (tertiary/aromatic N) is 2. The standard InChI is InChI=1S/2C18H15P.2C7H5N.2BF4.Pd/c2*1-4-10-16(11-5-1)19(17-12-6-2-7-13-17)18-14-8-3-9-15-18;2*8-6-7-4-2-1-3-5-7;2*2-1(3,4)5;/h2*1-15H;2*1-5H;;;/q;;;;2*-1;+2. The fraction of sp³-hybridized carbons (Fsp3) is 0. The zero-order chi connectivity index (χ0) is 46.5. The minimum Gasteiger partial charge on any atom is -0.418 e. The number of benzene rings is 8. The maximum Gasteiger partial charge on any atom is 2.00 e. The van der Waals surface area contributed by atoms with Crippen molar-refractivity contribution >= 4 is 62.2 Å². The van der Waals surface area contributed by atoms with Crippen molar-refractivity contribution in [3.8, 4) is 12.1 Å². The predicted molar refractivity (Wildman–Crippen MR) is 253 cm³/mol. The van der Waals surface area contributed by atoms with Gasteiger partial charge in [-0.2, -0.15) is 10.5 Å². The molecular weight excluding hydrogens is 971 g/mol. The van der Waals surface area contributed by atoms with E-state index in [0.717, 1.165) is 0 Å². The minimum absolute atomic E-state index is 0. The van der Waals surface area contributed by atoms with Gasteiger partial charge in [-0.1, -0.05) is 218 Å². The molecule has 15 heteroatoms. The molecule has 0 saturated heterocycles. The summed E-state index contributed by atoms with van der Waals surface area (Å²) in [6.07, 6.45) is 0. The van der Waals surface area contributed by atoms with Crippen molar-refractivity contribution in [1.29, 1.82) is 10.5 Å². The fourth-order valence-corrected chi connectivity index (χ4v) is 9.99. The van der Waals surface area contributed by atoms with E-state index in [4.69, 9.17) is 10.5 Å². The smallest absolute Gasteiger partial charge is 0.418 e. The third kappa shape index (κ3) is 24.5. The maximum atomic E-state index is 9.75. The van der Waals surface area contributed by atoms with Crippen LogP contribution >= 0.6 is 15.8 Å². The fourth-order valence-electron chi connectivity index (χ4n) is 5.38. The second kappa shape index (κ2) is 30.8. The molecule has 0 aliphatic heterocycles. The third-order valence-electron chi connectivity index (χ3n) is 7.89. The molecule has 0 amide bonds. The largest absolute Gasteiger partial charge is 2.00 e. The summed E-state index contributed by atoms with van der Waals surface area (Å²) in [7, 11) is -12.9. The van der Waals surface area contributed by atoms with Crippen LogP contribution in [0.4, 0.5) is 34.5 Å². The molecule has 332 valence electrons. The molecule has 0 heterocycles. The van der Waals surface area contributed by atoms with Crippen molar-refractivity contribution in [3.63, 3.8) is 0 Å². The second-order valence-corrected chi connectivity index (χ2v) is 17.1. The second-order valence-electron chi connectivity index (χ2n) is 12.6. The normalized spacial score (nSPS) is 9.97. The summed E-state index contributed by atoms with van der Waals surface area (Å²) < 4.78 is 78.0. The van der Waals surface area contributed by atoms with E-state index >= 15 is 0 Å². The van der Waals surface area contributed by atoms with Gasteiger partial charge in [0.1, 0.15) is 0 Å². The van der Waals surface area contributed by atoms with Gasteiger partial charge >= 0.3 is 34.9 Å². The van der Waals surface area contributed by atoms with Gasteiger partial charge in [-0.3, -0.25) is 0 Å². The van der Waals surface area contributed by atoms with Gasteiger partial charge in [-0.25, -0.2) is 0 Å². The molecule has 0 fully saturated rings. The topological polar surface area (TPSA) is 47.6 Å². The zero-order valence-corrected chi connectivity index (χ0v) is 37.7. The summed E-state index contributed by atoms with van der Waals surface area (Å²) in [5, 5.41) is 25.0. The van der Waals surface area contributed by atoms with Gasteiger partial charge in [-0.05, 0) is 71.9 Å². The molecular formula is C50H40B2F8N2P2Pd. The van der Waals surface area contributed by atoms with Gasteiger partial charge in [-0.15, -0.1) is 0 Å². The van der Waals surface area contributed by atoms with Gasteiger partial charge < -0.3 is 34.5 Å². The molecule has 0 spiro atoms. The van der Waals surface area contributed by atoms with E-state index in [9.17, 15) is 34.5 Å². The summed E-state index contributed by atoms with van der Waals surface area (Å²) in [6.45, 7) is 0. The molecule has 0 bridgehead atoms. The monoisotopic (exact) mass is 1010 g/mol. The van der Waals surface area contributed by atoms with E-state index in [1.807, 2.05) is 48.5 Å². The first-order valence-corrected chi connectivity index (χ1v) is 22.0. The van der Waals surface area contributed by atoms with Crippen LogP contribution in [0.1, 0.15) is 11.1 Å². The number of halogens is 8. The molecule has 0 aliphatic rings. The molecule has 0 aliphatic carbocycles. The first-order valence-electron chi connectivity index (χ1n) is 19.3.